The van der Waals surface area contributed by atoms with Crippen LogP contribution >= 0.6 is 43.5 Å². The Morgan fingerprint density at radius 2 is 2.00 bits per heavy atom. The van der Waals surface area contributed by atoms with Gasteiger partial charge in [-0.05, 0) is 74.2 Å². The topological polar surface area (TPSA) is 21.6 Å². The van der Waals surface area contributed by atoms with Crippen molar-refractivity contribution < 1.29 is 4.74 Å². The highest BCUT2D eigenvalue weighted by molar-refractivity contribution is 9.11. The minimum atomic E-state index is 0.215. The Morgan fingerprint density at radius 3 is 2.64 bits per heavy atom. The highest BCUT2D eigenvalue weighted by Gasteiger charge is 2.08. The van der Waals surface area contributed by atoms with Gasteiger partial charge < -0.3 is 4.74 Å². The van der Waals surface area contributed by atoms with Gasteiger partial charge >= 0.3 is 0 Å². The number of terminal acetylenes is 1. The second-order valence-corrected chi connectivity index (χ2v) is 6.56. The fourth-order valence-electron chi connectivity index (χ4n) is 1.79. The molecule has 22 heavy (non-hydrogen) atoms. The van der Waals surface area contributed by atoms with Crippen LogP contribution in [0, 0.1) is 19.3 Å². The first-order valence-corrected chi connectivity index (χ1v) is 8.34. The predicted octanol–water partition coefficient (Wildman–Crippen LogP) is 5.94. The molecule has 2 rings (SSSR count). The molecule has 112 valence electrons. The molecule has 0 unspecified atom stereocenters. The van der Waals surface area contributed by atoms with Crippen LogP contribution in [0.1, 0.15) is 11.1 Å². The van der Waals surface area contributed by atoms with Crippen molar-refractivity contribution >= 4 is 55.4 Å². The first-order valence-electron chi connectivity index (χ1n) is 6.37. The van der Waals surface area contributed by atoms with Crippen LogP contribution in [0.4, 0.5) is 5.69 Å². The maximum Gasteiger partial charge on any atom is 0.149 e. The molecule has 0 amide bonds. The number of benzene rings is 2. The monoisotopic (exact) mass is 439 g/mol. The van der Waals surface area contributed by atoms with E-state index in [4.69, 9.17) is 22.8 Å². The summed E-state index contributed by atoms with van der Waals surface area (Å²) in [5, 5.41) is 0.704. The van der Waals surface area contributed by atoms with Crippen molar-refractivity contribution in [1.82, 2.24) is 0 Å². The van der Waals surface area contributed by atoms with Crippen LogP contribution < -0.4 is 4.74 Å². The number of ether oxygens (including phenoxy) is 1. The molecule has 0 atom stereocenters. The summed E-state index contributed by atoms with van der Waals surface area (Å²) in [7, 11) is 0. The molecule has 0 radical (unpaired) electrons. The molecule has 0 N–H and O–H groups in total. The minimum Gasteiger partial charge on any atom is -0.479 e. The van der Waals surface area contributed by atoms with Crippen LogP contribution in [0.2, 0.25) is 5.02 Å². The van der Waals surface area contributed by atoms with Gasteiger partial charge in [0.25, 0.3) is 0 Å². The molecule has 0 aromatic heterocycles. The third kappa shape index (κ3) is 4.13. The zero-order chi connectivity index (χ0) is 16.1. The maximum absolute atomic E-state index is 6.09. The van der Waals surface area contributed by atoms with Crippen molar-refractivity contribution in [1.29, 1.82) is 0 Å². The van der Waals surface area contributed by atoms with E-state index in [9.17, 15) is 0 Å². The van der Waals surface area contributed by atoms with Crippen molar-refractivity contribution in [2.24, 2.45) is 4.99 Å². The van der Waals surface area contributed by atoms with E-state index in [1.54, 1.807) is 6.21 Å². The number of aliphatic imine (C=N–C) groups is 1. The van der Waals surface area contributed by atoms with Crippen molar-refractivity contribution in [2.75, 3.05) is 6.61 Å². The van der Waals surface area contributed by atoms with E-state index in [0.717, 1.165) is 25.8 Å². The Kier molecular flexibility index (Phi) is 6.07. The summed E-state index contributed by atoms with van der Waals surface area (Å²) in [6.07, 6.45) is 6.98. The van der Waals surface area contributed by atoms with Gasteiger partial charge in [0, 0.05) is 11.2 Å². The summed E-state index contributed by atoms with van der Waals surface area (Å²) in [6, 6.07) is 9.48. The first-order chi connectivity index (χ1) is 10.5. The zero-order valence-electron chi connectivity index (χ0n) is 11.7. The number of rotatable bonds is 4. The minimum absolute atomic E-state index is 0.215. The van der Waals surface area contributed by atoms with Crippen LogP contribution in [-0.2, 0) is 0 Å². The van der Waals surface area contributed by atoms with Crippen LogP contribution in [0.25, 0.3) is 0 Å². The van der Waals surface area contributed by atoms with Gasteiger partial charge in [-0.2, -0.15) is 0 Å². The smallest absolute Gasteiger partial charge is 0.149 e. The molecule has 0 fully saturated rings. The number of hydrogen-bond donors (Lipinski definition) is 0. The Bertz CT molecular complexity index is 743. The molecule has 0 saturated carbocycles. The molecule has 0 spiro atoms. The SMILES string of the molecule is C#CCOc1c(Br)cc(C=Nc2cccc(Cl)c2C)cc1Br. The lowest BCUT2D eigenvalue weighted by Gasteiger charge is -2.09. The van der Waals surface area contributed by atoms with Gasteiger partial charge in [0.15, 0.2) is 0 Å². The van der Waals surface area contributed by atoms with Crippen LogP contribution in [0.5, 0.6) is 5.75 Å². The molecule has 0 aliphatic rings. The normalized spacial score (nSPS) is 10.7. The molecule has 0 bridgehead atoms. The van der Waals surface area contributed by atoms with Crippen LogP contribution in [0.15, 0.2) is 44.3 Å². The van der Waals surface area contributed by atoms with Gasteiger partial charge in [0.1, 0.15) is 12.4 Å². The first kappa shape index (κ1) is 17.1. The van der Waals surface area contributed by atoms with Crippen LogP contribution in [-0.4, -0.2) is 12.8 Å². The van der Waals surface area contributed by atoms with Gasteiger partial charge in [-0.3, -0.25) is 4.99 Å². The summed E-state index contributed by atoms with van der Waals surface area (Å²) in [5.74, 6) is 3.12. The summed E-state index contributed by atoms with van der Waals surface area (Å²) >= 11 is 13.0. The lowest BCUT2D eigenvalue weighted by atomic mass is 10.2. The van der Waals surface area contributed by atoms with E-state index in [0.29, 0.717) is 10.8 Å². The zero-order valence-corrected chi connectivity index (χ0v) is 15.7. The van der Waals surface area contributed by atoms with E-state index in [1.807, 2.05) is 37.3 Å². The van der Waals surface area contributed by atoms with Crippen molar-refractivity contribution in [3.63, 3.8) is 0 Å². The summed E-state index contributed by atoms with van der Waals surface area (Å²) < 4.78 is 7.09. The van der Waals surface area contributed by atoms with Gasteiger partial charge in [-0.25, -0.2) is 0 Å². The second kappa shape index (κ2) is 7.82. The molecular formula is C17H12Br2ClNO. The largest absolute Gasteiger partial charge is 0.479 e. The van der Waals surface area contributed by atoms with E-state index < -0.39 is 0 Å². The van der Waals surface area contributed by atoms with Crippen molar-refractivity contribution in [3.8, 4) is 18.1 Å². The number of nitrogens with zero attached hydrogens (tertiary/aromatic N) is 1. The van der Waals surface area contributed by atoms with E-state index in [1.165, 1.54) is 0 Å². The summed E-state index contributed by atoms with van der Waals surface area (Å²) in [4.78, 5) is 4.49. The van der Waals surface area contributed by atoms with Gasteiger partial charge in [0.2, 0.25) is 0 Å². The standard InChI is InChI=1S/C17H12Br2ClNO/c1-3-7-22-17-13(18)8-12(9-14(17)19)10-21-16-6-4-5-15(20)11(16)2/h1,4-6,8-10H,7H2,2H3. The molecule has 0 aliphatic heterocycles. The Balaban J connectivity index is 2.29. The maximum atomic E-state index is 6.09. The second-order valence-electron chi connectivity index (χ2n) is 4.45. The van der Waals surface area contributed by atoms with Crippen molar-refractivity contribution in [2.45, 2.75) is 6.92 Å². The van der Waals surface area contributed by atoms with E-state index >= 15 is 0 Å². The quantitative estimate of drug-likeness (QED) is 0.425. The highest BCUT2D eigenvalue weighted by atomic mass is 79.9. The highest BCUT2D eigenvalue weighted by Crippen LogP contribution is 2.34. The van der Waals surface area contributed by atoms with E-state index in [-0.39, 0.29) is 6.61 Å². The van der Waals surface area contributed by atoms with Crippen LogP contribution in [0.3, 0.4) is 0 Å². The predicted molar refractivity (Wildman–Crippen MR) is 99.6 cm³/mol. The molecule has 0 saturated heterocycles. The molecule has 2 aromatic carbocycles. The van der Waals surface area contributed by atoms with E-state index in [2.05, 4.69) is 42.8 Å². The Labute approximate surface area is 151 Å². The average molecular weight is 442 g/mol. The molecule has 2 aromatic rings. The molecular weight excluding hydrogens is 429 g/mol. The molecule has 5 heteroatoms. The fraction of sp³-hybridized carbons (Fsp3) is 0.118. The molecule has 0 heterocycles. The van der Waals surface area contributed by atoms with Gasteiger partial charge in [-0.15, -0.1) is 6.42 Å². The number of halogens is 3. The molecule has 2 nitrogen and oxygen atoms in total. The average Bonchev–Trinajstić information content (AvgIpc) is 2.48. The third-order valence-electron chi connectivity index (χ3n) is 2.91. The van der Waals surface area contributed by atoms with Crippen molar-refractivity contribution in [3.05, 3.63) is 55.4 Å². The lowest BCUT2D eigenvalue weighted by molar-refractivity contribution is 0.365. The Hall–Kier alpha value is -1.28. The molecule has 0 aliphatic carbocycles. The summed E-state index contributed by atoms with van der Waals surface area (Å²) in [6.45, 7) is 2.16. The number of hydrogen-bond acceptors (Lipinski definition) is 2. The summed E-state index contributed by atoms with van der Waals surface area (Å²) in [5.41, 5.74) is 2.71. The van der Waals surface area contributed by atoms with Gasteiger partial charge in [0.05, 0.1) is 14.6 Å². The third-order valence-corrected chi connectivity index (χ3v) is 4.50. The lowest BCUT2D eigenvalue weighted by Crippen LogP contribution is -1.96. The van der Waals surface area contributed by atoms with Gasteiger partial charge in [-0.1, -0.05) is 23.6 Å². The fourth-order valence-corrected chi connectivity index (χ4v) is 3.41. The Morgan fingerprint density at radius 1 is 1.32 bits per heavy atom.